The lowest BCUT2D eigenvalue weighted by molar-refractivity contribution is -0.145. The molecule has 0 aliphatic rings. The van der Waals surface area contributed by atoms with E-state index < -0.39 is 0 Å². The molecule has 0 aromatic heterocycles. The van der Waals surface area contributed by atoms with Crippen LogP contribution in [0.25, 0.3) is 11.1 Å². The van der Waals surface area contributed by atoms with Gasteiger partial charge < -0.3 is 9.47 Å². The third kappa shape index (κ3) is 5.23. The van der Waals surface area contributed by atoms with Gasteiger partial charge >= 0.3 is 11.9 Å². The van der Waals surface area contributed by atoms with E-state index in [-0.39, 0.29) is 25.2 Å². The number of rotatable bonds is 7. The number of carbonyl (C=O) groups is 2. The summed E-state index contributed by atoms with van der Waals surface area (Å²) in [5.74, 6) is -0.416. The van der Waals surface area contributed by atoms with Gasteiger partial charge in [0.05, 0.1) is 0 Å². The molecule has 2 rings (SSSR count). The van der Waals surface area contributed by atoms with Crippen LogP contribution in [0.3, 0.4) is 0 Å². The van der Waals surface area contributed by atoms with Crippen molar-refractivity contribution >= 4 is 11.9 Å². The Morgan fingerprint density at radius 2 is 1.17 bits per heavy atom. The Morgan fingerprint density at radius 1 is 0.750 bits per heavy atom. The molecule has 0 saturated carbocycles. The Morgan fingerprint density at radius 3 is 1.54 bits per heavy atom. The molecule has 0 N–H and O–H groups in total. The maximum Gasteiger partial charge on any atom is 0.305 e. The van der Waals surface area contributed by atoms with Crippen molar-refractivity contribution in [2.24, 2.45) is 0 Å². The van der Waals surface area contributed by atoms with Crippen molar-refractivity contribution in [2.45, 2.75) is 39.9 Å². The minimum Gasteiger partial charge on any atom is -0.461 e. The Bertz CT molecular complexity index is 645. The summed E-state index contributed by atoms with van der Waals surface area (Å²) in [7, 11) is 0. The van der Waals surface area contributed by atoms with Crippen LogP contribution in [0.15, 0.2) is 48.5 Å². The Labute approximate surface area is 142 Å². The highest BCUT2D eigenvalue weighted by Crippen LogP contribution is 2.22. The van der Waals surface area contributed by atoms with E-state index >= 15 is 0 Å². The number of carbonyl (C=O) groups excluding carboxylic acids is 2. The van der Waals surface area contributed by atoms with Crippen LogP contribution in [-0.2, 0) is 32.3 Å². The van der Waals surface area contributed by atoms with Crippen LogP contribution >= 0.6 is 0 Å². The SMILES string of the molecule is CCC(=O)OCc1cccc(-c2cccc(COC(=O)CC)c2)c1. The van der Waals surface area contributed by atoms with Gasteiger partial charge in [0.1, 0.15) is 13.2 Å². The summed E-state index contributed by atoms with van der Waals surface area (Å²) in [6.45, 7) is 4.09. The molecule has 0 saturated heterocycles. The number of hydrogen-bond acceptors (Lipinski definition) is 4. The summed E-state index contributed by atoms with van der Waals surface area (Å²) in [4.78, 5) is 22.5. The van der Waals surface area contributed by atoms with E-state index in [1.807, 2.05) is 48.5 Å². The van der Waals surface area contributed by atoms with Gasteiger partial charge in [0.15, 0.2) is 0 Å². The first-order chi connectivity index (χ1) is 11.6. The Hall–Kier alpha value is -2.62. The zero-order valence-corrected chi connectivity index (χ0v) is 14.1. The Balaban J connectivity index is 2.10. The molecule has 0 unspecified atom stereocenters. The first-order valence-corrected chi connectivity index (χ1v) is 8.12. The van der Waals surface area contributed by atoms with E-state index in [9.17, 15) is 9.59 Å². The molecule has 0 fully saturated rings. The van der Waals surface area contributed by atoms with E-state index in [1.54, 1.807) is 13.8 Å². The van der Waals surface area contributed by atoms with Gasteiger partial charge in [0.2, 0.25) is 0 Å². The summed E-state index contributed by atoms with van der Waals surface area (Å²) >= 11 is 0. The molecular weight excluding hydrogens is 304 g/mol. The van der Waals surface area contributed by atoms with Crippen LogP contribution in [0.2, 0.25) is 0 Å². The highest BCUT2D eigenvalue weighted by atomic mass is 16.5. The van der Waals surface area contributed by atoms with E-state index in [0.29, 0.717) is 12.8 Å². The lowest BCUT2D eigenvalue weighted by Crippen LogP contribution is -2.02. The molecule has 0 spiro atoms. The third-order valence-electron chi connectivity index (χ3n) is 3.56. The normalized spacial score (nSPS) is 10.2. The Kier molecular flexibility index (Phi) is 6.55. The molecule has 2 aromatic rings. The molecule has 126 valence electrons. The van der Waals surface area contributed by atoms with Crippen molar-refractivity contribution in [1.29, 1.82) is 0 Å². The number of esters is 2. The van der Waals surface area contributed by atoms with Crippen LogP contribution < -0.4 is 0 Å². The molecule has 4 nitrogen and oxygen atoms in total. The minimum atomic E-state index is -0.208. The molecule has 0 amide bonds. The minimum absolute atomic E-state index is 0.208. The van der Waals surface area contributed by atoms with Gasteiger partial charge in [0.25, 0.3) is 0 Å². The zero-order chi connectivity index (χ0) is 17.4. The van der Waals surface area contributed by atoms with E-state index in [4.69, 9.17) is 9.47 Å². The summed E-state index contributed by atoms with van der Waals surface area (Å²) in [6.07, 6.45) is 0.746. The second-order valence-corrected chi connectivity index (χ2v) is 5.43. The molecule has 0 bridgehead atoms. The van der Waals surface area contributed by atoms with Crippen molar-refractivity contribution < 1.29 is 19.1 Å². The predicted molar refractivity (Wildman–Crippen MR) is 92.1 cm³/mol. The monoisotopic (exact) mass is 326 g/mol. The van der Waals surface area contributed by atoms with Crippen molar-refractivity contribution in [3.8, 4) is 11.1 Å². The van der Waals surface area contributed by atoms with E-state index in [1.165, 1.54) is 0 Å². The molecule has 0 atom stereocenters. The van der Waals surface area contributed by atoms with Crippen LogP contribution in [0.4, 0.5) is 0 Å². The van der Waals surface area contributed by atoms with Gasteiger partial charge in [-0.05, 0) is 34.4 Å². The molecular formula is C20H22O4. The second-order valence-electron chi connectivity index (χ2n) is 5.43. The second kappa shape index (κ2) is 8.87. The summed E-state index contributed by atoms with van der Waals surface area (Å²) < 4.78 is 10.3. The first kappa shape index (κ1) is 17.7. The summed E-state index contributed by atoms with van der Waals surface area (Å²) in [5, 5.41) is 0. The molecule has 2 aromatic carbocycles. The topological polar surface area (TPSA) is 52.6 Å². The maximum absolute atomic E-state index is 11.3. The van der Waals surface area contributed by atoms with Crippen molar-refractivity contribution in [2.75, 3.05) is 0 Å². The number of benzene rings is 2. The average molecular weight is 326 g/mol. The zero-order valence-electron chi connectivity index (χ0n) is 14.1. The molecule has 0 aliphatic carbocycles. The van der Waals surface area contributed by atoms with Gasteiger partial charge in [-0.25, -0.2) is 0 Å². The van der Waals surface area contributed by atoms with Crippen LogP contribution in [0.1, 0.15) is 37.8 Å². The van der Waals surface area contributed by atoms with Crippen molar-refractivity contribution in [1.82, 2.24) is 0 Å². The molecule has 24 heavy (non-hydrogen) atoms. The fourth-order valence-electron chi connectivity index (χ4n) is 2.21. The van der Waals surface area contributed by atoms with Crippen molar-refractivity contribution in [3.63, 3.8) is 0 Å². The third-order valence-corrected chi connectivity index (χ3v) is 3.56. The lowest BCUT2D eigenvalue weighted by Gasteiger charge is -2.09. The first-order valence-electron chi connectivity index (χ1n) is 8.12. The van der Waals surface area contributed by atoms with Crippen molar-refractivity contribution in [3.05, 3.63) is 59.7 Å². The smallest absolute Gasteiger partial charge is 0.305 e. The largest absolute Gasteiger partial charge is 0.461 e. The van der Waals surface area contributed by atoms with Crippen LogP contribution in [0.5, 0.6) is 0 Å². The van der Waals surface area contributed by atoms with E-state index in [0.717, 1.165) is 22.3 Å². The average Bonchev–Trinajstić information content (AvgIpc) is 2.64. The van der Waals surface area contributed by atoms with Gasteiger partial charge in [-0.3, -0.25) is 9.59 Å². The van der Waals surface area contributed by atoms with Gasteiger partial charge in [-0.1, -0.05) is 50.2 Å². The molecule has 4 heteroatoms. The van der Waals surface area contributed by atoms with Gasteiger partial charge in [-0.2, -0.15) is 0 Å². The van der Waals surface area contributed by atoms with Gasteiger partial charge in [-0.15, -0.1) is 0 Å². The maximum atomic E-state index is 11.3. The van der Waals surface area contributed by atoms with Crippen LogP contribution in [0, 0.1) is 0 Å². The number of ether oxygens (including phenoxy) is 2. The fourth-order valence-corrected chi connectivity index (χ4v) is 2.21. The van der Waals surface area contributed by atoms with Gasteiger partial charge in [0, 0.05) is 12.8 Å². The van der Waals surface area contributed by atoms with Crippen LogP contribution in [-0.4, -0.2) is 11.9 Å². The predicted octanol–water partition coefficient (Wildman–Crippen LogP) is 4.26. The quantitative estimate of drug-likeness (QED) is 0.713. The number of hydrogen-bond donors (Lipinski definition) is 0. The standard InChI is InChI=1S/C20H22O4/c1-3-19(21)23-13-15-7-5-9-17(11-15)18-10-6-8-16(12-18)14-24-20(22)4-2/h5-12H,3-4,13-14H2,1-2H3. The summed E-state index contributed by atoms with van der Waals surface area (Å²) in [6, 6.07) is 15.7. The summed E-state index contributed by atoms with van der Waals surface area (Å²) in [5.41, 5.74) is 3.95. The lowest BCUT2D eigenvalue weighted by atomic mass is 10.0. The molecule has 0 heterocycles. The van der Waals surface area contributed by atoms with E-state index in [2.05, 4.69) is 0 Å². The fraction of sp³-hybridized carbons (Fsp3) is 0.300. The highest BCUT2D eigenvalue weighted by Gasteiger charge is 2.05. The molecule has 0 radical (unpaired) electrons. The molecule has 0 aliphatic heterocycles. The highest BCUT2D eigenvalue weighted by molar-refractivity contribution is 5.70.